The molecule has 22 heavy (non-hydrogen) atoms. The maximum Gasteiger partial charge on any atom is 0.420 e. The van der Waals surface area contributed by atoms with E-state index >= 15 is 0 Å². The molecule has 1 aromatic heterocycles. The lowest BCUT2D eigenvalue weighted by Crippen LogP contribution is -2.34. The van der Waals surface area contributed by atoms with Crippen LogP contribution in [0.4, 0.5) is 13.2 Å². The van der Waals surface area contributed by atoms with Crippen molar-refractivity contribution in [2.75, 3.05) is 0 Å². The smallest absolute Gasteiger partial charge is 0.420 e. The first-order chi connectivity index (χ1) is 10.3. The topological polar surface area (TPSA) is 38.1 Å². The van der Waals surface area contributed by atoms with Crippen molar-refractivity contribution in [3.63, 3.8) is 0 Å². The van der Waals surface area contributed by atoms with E-state index in [0.717, 1.165) is 12.8 Å². The number of hydrogen-bond acceptors (Lipinski definition) is 3. The monoisotopic (exact) mass is 312 g/mol. The van der Waals surface area contributed by atoms with Crippen molar-refractivity contribution in [2.45, 2.75) is 57.8 Å². The molecule has 1 fully saturated rings. The van der Waals surface area contributed by atoms with Crippen LogP contribution in [0.1, 0.15) is 56.0 Å². The molecule has 6 heteroatoms. The van der Waals surface area contributed by atoms with Crippen LogP contribution in [-0.4, -0.2) is 11.0 Å². The molecule has 0 spiro atoms. The van der Waals surface area contributed by atoms with Crippen molar-refractivity contribution >= 4 is 11.1 Å². The Morgan fingerprint density at radius 3 is 2.59 bits per heavy atom. The summed E-state index contributed by atoms with van der Waals surface area (Å²) < 4.78 is 45.2. The zero-order valence-electron chi connectivity index (χ0n) is 12.6. The van der Waals surface area contributed by atoms with E-state index in [1.54, 1.807) is 6.07 Å². The second-order valence-electron chi connectivity index (χ2n) is 6.20. The third-order valence-electron chi connectivity index (χ3n) is 4.07. The Hall–Kier alpha value is -1.56. The summed E-state index contributed by atoms with van der Waals surface area (Å²) in [5.41, 5.74) is -0.0299. The average molecular weight is 312 g/mol. The van der Waals surface area contributed by atoms with E-state index in [9.17, 15) is 13.2 Å². The first kappa shape index (κ1) is 15.3. The molecule has 0 amide bonds. The molecule has 1 N–H and O–H groups in total. The van der Waals surface area contributed by atoms with Crippen molar-refractivity contribution in [3.05, 3.63) is 29.2 Å². The van der Waals surface area contributed by atoms with E-state index in [-0.39, 0.29) is 17.0 Å². The van der Waals surface area contributed by atoms with Crippen LogP contribution >= 0.6 is 0 Å². The van der Waals surface area contributed by atoms with Gasteiger partial charge in [-0.25, -0.2) is 4.98 Å². The molecule has 3 nitrogen and oxygen atoms in total. The number of aromatic nitrogens is 1. The van der Waals surface area contributed by atoms with Crippen LogP contribution in [-0.2, 0) is 12.7 Å². The predicted molar refractivity (Wildman–Crippen MR) is 77.6 cm³/mol. The maximum atomic E-state index is 13.3. The lowest BCUT2D eigenvalue weighted by molar-refractivity contribution is -0.136. The minimum Gasteiger partial charge on any atom is -0.440 e. The fourth-order valence-electron chi connectivity index (χ4n) is 2.54. The van der Waals surface area contributed by atoms with Gasteiger partial charge in [0.15, 0.2) is 11.5 Å². The van der Waals surface area contributed by atoms with Gasteiger partial charge in [0.25, 0.3) is 0 Å². The average Bonchev–Trinajstić information content (AvgIpc) is 2.78. The Kier molecular flexibility index (Phi) is 3.89. The summed E-state index contributed by atoms with van der Waals surface area (Å²) >= 11 is 0. The van der Waals surface area contributed by atoms with Gasteiger partial charge in [0.05, 0.1) is 0 Å². The molecule has 0 unspecified atom stereocenters. The highest BCUT2D eigenvalue weighted by Gasteiger charge is 2.35. The second-order valence-corrected chi connectivity index (χ2v) is 6.20. The third kappa shape index (κ3) is 2.97. The Morgan fingerprint density at radius 1 is 1.32 bits per heavy atom. The van der Waals surface area contributed by atoms with Gasteiger partial charge in [-0.3, -0.25) is 0 Å². The highest BCUT2D eigenvalue weighted by molar-refractivity contribution is 5.78. The van der Waals surface area contributed by atoms with Crippen molar-refractivity contribution in [1.29, 1.82) is 0 Å². The van der Waals surface area contributed by atoms with Gasteiger partial charge in [-0.2, -0.15) is 13.2 Å². The number of fused-ring (bicyclic) bond motifs is 1. The third-order valence-corrected chi connectivity index (χ3v) is 4.07. The molecular weight excluding hydrogens is 293 g/mol. The summed E-state index contributed by atoms with van der Waals surface area (Å²) in [6.45, 7) is 4.11. The number of hydrogen-bond donors (Lipinski definition) is 1. The number of benzene rings is 1. The second kappa shape index (κ2) is 5.57. The van der Waals surface area contributed by atoms with Crippen molar-refractivity contribution in [1.82, 2.24) is 10.3 Å². The normalized spacial score (nSPS) is 16.5. The van der Waals surface area contributed by atoms with E-state index in [0.29, 0.717) is 24.0 Å². The highest BCUT2D eigenvalue weighted by Crippen LogP contribution is 2.37. The van der Waals surface area contributed by atoms with E-state index in [1.807, 2.05) is 13.8 Å². The molecular formula is C16H19F3N2O. The largest absolute Gasteiger partial charge is 0.440 e. The van der Waals surface area contributed by atoms with Gasteiger partial charge in [-0.05, 0) is 30.5 Å². The van der Waals surface area contributed by atoms with Crippen molar-refractivity contribution in [3.8, 4) is 0 Å². The van der Waals surface area contributed by atoms with E-state index < -0.39 is 11.7 Å². The summed E-state index contributed by atoms with van der Waals surface area (Å²) in [5, 5.41) is 3.28. The fraction of sp³-hybridized carbons (Fsp3) is 0.562. The zero-order valence-corrected chi connectivity index (χ0v) is 12.6. The van der Waals surface area contributed by atoms with Crippen LogP contribution in [0.25, 0.3) is 11.1 Å². The minimum absolute atomic E-state index is 0.0509. The molecule has 120 valence electrons. The Bertz CT molecular complexity index is 672. The zero-order chi connectivity index (χ0) is 15.9. The van der Waals surface area contributed by atoms with Crippen LogP contribution in [0.5, 0.6) is 0 Å². The van der Waals surface area contributed by atoms with Gasteiger partial charge in [0, 0.05) is 18.5 Å². The van der Waals surface area contributed by atoms with Gasteiger partial charge in [0.2, 0.25) is 0 Å². The van der Waals surface area contributed by atoms with Crippen LogP contribution in [0.2, 0.25) is 0 Å². The van der Waals surface area contributed by atoms with Crippen LogP contribution in [0.15, 0.2) is 16.5 Å². The number of halogens is 3. The molecule has 1 aliphatic rings. The van der Waals surface area contributed by atoms with E-state index in [2.05, 4.69) is 10.3 Å². The van der Waals surface area contributed by atoms with Gasteiger partial charge in [0.1, 0.15) is 11.1 Å². The quantitative estimate of drug-likeness (QED) is 0.895. The van der Waals surface area contributed by atoms with Crippen LogP contribution in [0.3, 0.4) is 0 Å². The summed E-state index contributed by atoms with van der Waals surface area (Å²) in [6.07, 6.45) is -1.07. The van der Waals surface area contributed by atoms with Gasteiger partial charge < -0.3 is 9.73 Å². The molecule has 2 aromatic rings. The van der Waals surface area contributed by atoms with Crippen molar-refractivity contribution in [2.24, 2.45) is 0 Å². The maximum absolute atomic E-state index is 13.3. The molecule has 3 rings (SSSR count). The lowest BCUT2D eigenvalue weighted by atomic mass is 9.93. The number of nitrogens with one attached hydrogen (secondary N) is 1. The first-order valence-electron chi connectivity index (χ1n) is 7.58. The summed E-state index contributed by atoms with van der Waals surface area (Å²) in [4.78, 5) is 4.21. The van der Waals surface area contributed by atoms with E-state index in [4.69, 9.17) is 4.42 Å². The number of alkyl halides is 3. The van der Waals surface area contributed by atoms with Crippen LogP contribution in [0, 0.1) is 0 Å². The standard InChI is InChI=1S/C16H19F3N2O/c1-9(2)15-21-13-7-10(8-20-11-4-3-5-11)6-12(14(13)22-15)16(17,18)19/h6-7,9,11,20H,3-5,8H2,1-2H3. The SMILES string of the molecule is CC(C)c1nc2cc(CNC3CCC3)cc(C(F)(F)F)c2o1. The molecule has 0 saturated heterocycles. The Balaban J connectivity index is 1.98. The molecule has 1 heterocycles. The molecule has 0 atom stereocenters. The minimum atomic E-state index is -4.45. The Labute approximate surface area is 126 Å². The van der Waals surface area contributed by atoms with E-state index in [1.165, 1.54) is 12.5 Å². The van der Waals surface area contributed by atoms with Crippen molar-refractivity contribution < 1.29 is 17.6 Å². The molecule has 1 aromatic carbocycles. The number of oxazole rings is 1. The molecule has 0 aliphatic heterocycles. The molecule has 1 saturated carbocycles. The van der Waals surface area contributed by atoms with Gasteiger partial charge in [-0.1, -0.05) is 20.3 Å². The summed E-state index contributed by atoms with van der Waals surface area (Å²) in [7, 11) is 0. The molecule has 0 bridgehead atoms. The number of rotatable bonds is 4. The fourth-order valence-corrected chi connectivity index (χ4v) is 2.54. The molecule has 0 radical (unpaired) electrons. The Morgan fingerprint density at radius 2 is 2.05 bits per heavy atom. The highest BCUT2D eigenvalue weighted by atomic mass is 19.4. The van der Waals surface area contributed by atoms with Gasteiger partial charge in [-0.15, -0.1) is 0 Å². The van der Waals surface area contributed by atoms with Crippen LogP contribution < -0.4 is 5.32 Å². The number of nitrogens with zero attached hydrogens (tertiary/aromatic N) is 1. The summed E-state index contributed by atoms with van der Waals surface area (Å²) in [6, 6.07) is 3.28. The van der Waals surface area contributed by atoms with Gasteiger partial charge >= 0.3 is 6.18 Å². The first-order valence-corrected chi connectivity index (χ1v) is 7.58. The summed E-state index contributed by atoms with van der Waals surface area (Å²) in [5.74, 6) is 0.287. The molecule has 1 aliphatic carbocycles. The predicted octanol–water partition coefficient (Wildman–Crippen LogP) is 4.61. The lowest BCUT2D eigenvalue weighted by Gasteiger charge is -2.26.